The van der Waals surface area contributed by atoms with E-state index in [0.29, 0.717) is 21.8 Å². The zero-order chi connectivity index (χ0) is 15.0. The molecule has 0 aliphatic rings. The molecule has 0 aliphatic carbocycles. The van der Waals surface area contributed by atoms with Gasteiger partial charge in [0.05, 0.1) is 5.39 Å². The van der Waals surface area contributed by atoms with E-state index in [1.165, 1.54) is 11.8 Å². The molecule has 2 heterocycles. The molecule has 0 saturated heterocycles. The number of phenols is 1. The molecule has 21 heavy (non-hydrogen) atoms. The molecule has 0 saturated carbocycles. The average molecular weight is 299 g/mol. The number of benzene rings is 1. The van der Waals surface area contributed by atoms with Gasteiger partial charge in [0.1, 0.15) is 11.4 Å². The van der Waals surface area contributed by atoms with Crippen LogP contribution in [0, 0.1) is 0 Å². The van der Waals surface area contributed by atoms with E-state index in [-0.39, 0.29) is 11.2 Å². The smallest absolute Gasteiger partial charge is 0.200 e. The number of phenolic OH excluding ortho intramolecular Hbond substituents is 1. The molecule has 0 aliphatic heterocycles. The largest absolute Gasteiger partial charge is 0.508 e. The molecule has 0 bridgehead atoms. The monoisotopic (exact) mass is 299 g/mol. The van der Waals surface area contributed by atoms with Crippen LogP contribution < -0.4 is 5.43 Å². The predicted octanol–water partition coefficient (Wildman–Crippen LogP) is 2.42. The normalized spacial score (nSPS) is 11.0. The molecule has 1 aromatic carbocycles. The Labute approximate surface area is 125 Å². The van der Waals surface area contributed by atoms with Crippen LogP contribution in [0.4, 0.5) is 0 Å². The first-order valence-corrected chi connectivity index (χ1v) is 7.52. The minimum Gasteiger partial charge on any atom is -0.508 e. The minimum atomic E-state index is -0.110. The van der Waals surface area contributed by atoms with Gasteiger partial charge < -0.3 is 9.67 Å². The highest BCUT2D eigenvalue weighted by Crippen LogP contribution is 2.21. The van der Waals surface area contributed by atoms with Gasteiger partial charge in [0.25, 0.3) is 0 Å². The lowest BCUT2D eigenvalue weighted by Gasteiger charge is -2.09. The predicted molar refractivity (Wildman–Crippen MR) is 83.7 cm³/mol. The van der Waals surface area contributed by atoms with Crippen LogP contribution in [0.1, 0.15) is 0 Å². The van der Waals surface area contributed by atoms with Gasteiger partial charge >= 0.3 is 0 Å². The quantitative estimate of drug-likeness (QED) is 0.581. The van der Waals surface area contributed by atoms with Gasteiger partial charge in [-0.05, 0) is 24.0 Å². The second-order valence-corrected chi connectivity index (χ2v) is 5.40. The van der Waals surface area contributed by atoms with Crippen LogP contribution >= 0.6 is 11.8 Å². The van der Waals surface area contributed by atoms with Crippen molar-refractivity contribution in [3.8, 4) is 16.9 Å². The molecule has 0 radical (unpaired) electrons. The van der Waals surface area contributed by atoms with Gasteiger partial charge in [0.2, 0.25) is 0 Å². The van der Waals surface area contributed by atoms with Gasteiger partial charge in [0, 0.05) is 25.0 Å². The fourth-order valence-corrected chi connectivity index (χ4v) is 2.53. The summed E-state index contributed by atoms with van der Waals surface area (Å²) in [4.78, 5) is 21.2. The highest BCUT2D eigenvalue weighted by atomic mass is 32.2. The molecule has 106 valence electrons. The van der Waals surface area contributed by atoms with Gasteiger partial charge in [0.15, 0.2) is 10.6 Å². The number of aromatic nitrogens is 3. The van der Waals surface area contributed by atoms with Gasteiger partial charge in [-0.3, -0.25) is 4.79 Å². The van der Waals surface area contributed by atoms with Crippen LogP contribution in [0.25, 0.3) is 22.2 Å². The van der Waals surface area contributed by atoms with E-state index in [2.05, 4.69) is 9.97 Å². The summed E-state index contributed by atoms with van der Waals surface area (Å²) in [6, 6.07) is 6.56. The van der Waals surface area contributed by atoms with Crippen molar-refractivity contribution in [2.24, 2.45) is 7.05 Å². The van der Waals surface area contributed by atoms with Crippen molar-refractivity contribution in [3.63, 3.8) is 0 Å². The first kappa shape index (κ1) is 13.6. The summed E-state index contributed by atoms with van der Waals surface area (Å²) in [5, 5.41) is 10.5. The molecule has 0 spiro atoms. The van der Waals surface area contributed by atoms with Crippen LogP contribution in [0.3, 0.4) is 0 Å². The molecule has 3 rings (SSSR count). The molecule has 2 aromatic heterocycles. The number of aryl methyl sites for hydroxylation is 1. The molecule has 0 unspecified atom stereocenters. The third-order valence-electron chi connectivity index (χ3n) is 3.25. The molecule has 0 fully saturated rings. The van der Waals surface area contributed by atoms with Crippen molar-refractivity contribution < 1.29 is 5.11 Å². The SMILES string of the molecule is CSc1ncc2c(=O)c(-c3ccc(O)cc3)cn(C)c2n1. The summed E-state index contributed by atoms with van der Waals surface area (Å²) in [5.74, 6) is 0.171. The third-order valence-corrected chi connectivity index (χ3v) is 3.82. The first-order valence-electron chi connectivity index (χ1n) is 6.30. The van der Waals surface area contributed by atoms with Crippen LogP contribution in [-0.2, 0) is 7.05 Å². The van der Waals surface area contributed by atoms with Gasteiger partial charge in [-0.1, -0.05) is 23.9 Å². The Kier molecular flexibility index (Phi) is 3.39. The Morgan fingerprint density at radius 3 is 2.62 bits per heavy atom. The summed E-state index contributed by atoms with van der Waals surface area (Å²) in [5.41, 5.74) is 1.82. The second kappa shape index (κ2) is 5.21. The Balaban J connectivity index is 2.29. The molecule has 3 aromatic rings. The van der Waals surface area contributed by atoms with Crippen molar-refractivity contribution in [3.05, 3.63) is 46.9 Å². The van der Waals surface area contributed by atoms with Crippen molar-refractivity contribution in [2.75, 3.05) is 6.26 Å². The van der Waals surface area contributed by atoms with Crippen molar-refractivity contribution >= 4 is 22.8 Å². The molecule has 0 atom stereocenters. The van der Waals surface area contributed by atoms with E-state index in [1.54, 1.807) is 36.7 Å². The van der Waals surface area contributed by atoms with Crippen LogP contribution in [0.5, 0.6) is 5.75 Å². The highest BCUT2D eigenvalue weighted by molar-refractivity contribution is 7.98. The number of hydrogen-bond acceptors (Lipinski definition) is 5. The fourth-order valence-electron chi connectivity index (χ4n) is 2.19. The van der Waals surface area contributed by atoms with Crippen LogP contribution in [0.15, 0.2) is 46.6 Å². The maximum atomic E-state index is 12.6. The summed E-state index contributed by atoms with van der Waals surface area (Å²) in [6.45, 7) is 0. The standard InChI is InChI=1S/C15H13N3O2S/c1-18-8-12(9-3-5-10(19)6-4-9)13(20)11-7-16-15(21-2)17-14(11)18/h3-8,19H,1-2H3. The van der Waals surface area contributed by atoms with E-state index in [0.717, 1.165) is 5.56 Å². The fraction of sp³-hybridized carbons (Fsp3) is 0.133. The molecule has 1 N–H and O–H groups in total. The first-order chi connectivity index (χ1) is 10.1. The van der Waals surface area contributed by atoms with Crippen molar-refractivity contribution in [2.45, 2.75) is 5.16 Å². The van der Waals surface area contributed by atoms with Crippen LogP contribution in [0.2, 0.25) is 0 Å². The lowest BCUT2D eigenvalue weighted by molar-refractivity contribution is 0.475. The summed E-state index contributed by atoms with van der Waals surface area (Å²) >= 11 is 1.44. The number of nitrogens with zero attached hydrogens (tertiary/aromatic N) is 3. The van der Waals surface area contributed by atoms with E-state index >= 15 is 0 Å². The minimum absolute atomic E-state index is 0.110. The average Bonchev–Trinajstić information content (AvgIpc) is 2.51. The van der Waals surface area contributed by atoms with E-state index in [4.69, 9.17) is 0 Å². The topological polar surface area (TPSA) is 68.0 Å². The lowest BCUT2D eigenvalue weighted by Crippen LogP contribution is -2.12. The second-order valence-electron chi connectivity index (χ2n) is 4.62. The van der Waals surface area contributed by atoms with E-state index in [1.807, 2.05) is 17.9 Å². The molecule has 0 amide bonds. The van der Waals surface area contributed by atoms with E-state index in [9.17, 15) is 9.90 Å². The number of aromatic hydroxyl groups is 1. The zero-order valence-corrected chi connectivity index (χ0v) is 12.4. The van der Waals surface area contributed by atoms with Crippen LogP contribution in [-0.4, -0.2) is 25.9 Å². The number of fused-ring (bicyclic) bond motifs is 1. The number of rotatable bonds is 2. The number of thioether (sulfide) groups is 1. The summed E-state index contributed by atoms with van der Waals surface area (Å²) < 4.78 is 1.82. The third kappa shape index (κ3) is 2.38. The van der Waals surface area contributed by atoms with Gasteiger partial charge in [-0.2, -0.15) is 0 Å². The van der Waals surface area contributed by atoms with Crippen molar-refractivity contribution in [1.29, 1.82) is 0 Å². The zero-order valence-electron chi connectivity index (χ0n) is 11.6. The highest BCUT2D eigenvalue weighted by Gasteiger charge is 2.11. The molecule has 6 heteroatoms. The molecular formula is C15H13N3O2S. The molecule has 5 nitrogen and oxygen atoms in total. The van der Waals surface area contributed by atoms with Crippen molar-refractivity contribution in [1.82, 2.24) is 14.5 Å². The molecular weight excluding hydrogens is 286 g/mol. The van der Waals surface area contributed by atoms with Gasteiger partial charge in [-0.25, -0.2) is 9.97 Å². The Hall–Kier alpha value is -2.34. The summed E-state index contributed by atoms with van der Waals surface area (Å²) in [7, 11) is 1.85. The lowest BCUT2D eigenvalue weighted by atomic mass is 10.1. The Morgan fingerprint density at radius 1 is 1.24 bits per heavy atom. The number of hydrogen-bond donors (Lipinski definition) is 1. The Bertz CT molecular complexity index is 872. The summed E-state index contributed by atoms with van der Waals surface area (Å²) in [6.07, 6.45) is 5.22. The number of pyridine rings is 1. The maximum Gasteiger partial charge on any atom is 0.200 e. The maximum absolute atomic E-state index is 12.6. The Morgan fingerprint density at radius 2 is 1.95 bits per heavy atom. The van der Waals surface area contributed by atoms with E-state index < -0.39 is 0 Å². The van der Waals surface area contributed by atoms with Gasteiger partial charge in [-0.15, -0.1) is 0 Å².